The fourth-order valence-electron chi connectivity index (χ4n) is 3.73. The van der Waals surface area contributed by atoms with E-state index in [4.69, 9.17) is 11.6 Å². The van der Waals surface area contributed by atoms with Gasteiger partial charge in [-0.2, -0.15) is 0 Å². The lowest BCUT2D eigenvalue weighted by atomic mass is 9.77. The van der Waals surface area contributed by atoms with Crippen LogP contribution in [0.5, 0.6) is 0 Å². The predicted octanol–water partition coefficient (Wildman–Crippen LogP) is 7.36. The molecule has 0 bridgehead atoms. The Labute approximate surface area is 136 Å². The van der Waals surface area contributed by atoms with Crippen molar-refractivity contribution in [1.82, 2.24) is 0 Å². The molecule has 0 radical (unpaired) electrons. The molecule has 1 aromatic carbocycles. The van der Waals surface area contributed by atoms with Crippen molar-refractivity contribution in [3.05, 3.63) is 34.9 Å². The Morgan fingerprint density at radius 2 is 1.48 bits per heavy atom. The first-order valence-electron chi connectivity index (χ1n) is 9.05. The summed E-state index contributed by atoms with van der Waals surface area (Å²) >= 11 is 5.98. The van der Waals surface area contributed by atoms with Gasteiger partial charge in [0.15, 0.2) is 0 Å². The van der Waals surface area contributed by atoms with E-state index in [0.717, 1.165) is 16.9 Å². The molecule has 0 aromatic heterocycles. The summed E-state index contributed by atoms with van der Waals surface area (Å²) in [6.07, 6.45) is 15.7. The largest absolute Gasteiger partial charge is 0.0843 e. The van der Waals surface area contributed by atoms with Crippen LogP contribution in [-0.4, -0.2) is 0 Å². The Kier molecular flexibility index (Phi) is 7.64. The minimum Gasteiger partial charge on any atom is -0.0843 e. The zero-order valence-corrected chi connectivity index (χ0v) is 14.4. The third-order valence-electron chi connectivity index (χ3n) is 5.15. The molecule has 1 heteroatoms. The summed E-state index contributed by atoms with van der Waals surface area (Å²) in [6, 6.07) is 8.53. The summed E-state index contributed by atoms with van der Waals surface area (Å²) in [5, 5.41) is 0.857. The molecule has 2 rings (SSSR count). The summed E-state index contributed by atoms with van der Waals surface area (Å²) in [4.78, 5) is 0. The van der Waals surface area contributed by atoms with Crippen LogP contribution in [-0.2, 0) is 0 Å². The van der Waals surface area contributed by atoms with Gasteiger partial charge in [0.25, 0.3) is 0 Å². The smallest absolute Gasteiger partial charge is 0.0406 e. The van der Waals surface area contributed by atoms with Crippen LogP contribution in [0.25, 0.3) is 0 Å². The number of hydrogen-bond acceptors (Lipinski definition) is 0. The van der Waals surface area contributed by atoms with Crippen molar-refractivity contribution in [3.8, 4) is 0 Å². The molecule has 0 amide bonds. The van der Waals surface area contributed by atoms with Gasteiger partial charge in [-0.15, -0.1) is 0 Å². The Hall–Kier alpha value is -0.490. The third-order valence-corrected chi connectivity index (χ3v) is 5.41. The van der Waals surface area contributed by atoms with Crippen molar-refractivity contribution in [2.45, 2.75) is 83.5 Å². The highest BCUT2D eigenvalue weighted by atomic mass is 35.5. The Balaban J connectivity index is 1.61. The van der Waals surface area contributed by atoms with Gasteiger partial charge in [-0.05, 0) is 55.2 Å². The third kappa shape index (κ3) is 6.02. The normalized spacial score (nSPS) is 22.4. The maximum Gasteiger partial charge on any atom is 0.0406 e. The number of unbranched alkanes of at least 4 members (excludes halogenated alkanes) is 5. The van der Waals surface area contributed by atoms with Gasteiger partial charge in [0.1, 0.15) is 0 Å². The van der Waals surface area contributed by atoms with Crippen LogP contribution >= 0.6 is 11.6 Å². The maximum atomic E-state index is 5.98. The number of benzene rings is 1. The lowest BCUT2D eigenvalue weighted by Gasteiger charge is -2.29. The van der Waals surface area contributed by atoms with E-state index in [1.807, 2.05) is 12.1 Å². The molecule has 1 fully saturated rings. The van der Waals surface area contributed by atoms with Crippen molar-refractivity contribution in [3.63, 3.8) is 0 Å². The molecule has 0 saturated heterocycles. The molecule has 21 heavy (non-hydrogen) atoms. The monoisotopic (exact) mass is 306 g/mol. The average molecular weight is 307 g/mol. The zero-order chi connectivity index (χ0) is 14.9. The van der Waals surface area contributed by atoms with Crippen LogP contribution in [0.4, 0.5) is 0 Å². The minimum atomic E-state index is 0.781. The second-order valence-corrected chi connectivity index (χ2v) is 7.26. The molecular weight excluding hydrogens is 276 g/mol. The van der Waals surface area contributed by atoms with E-state index in [1.165, 1.54) is 76.2 Å². The van der Waals surface area contributed by atoms with E-state index < -0.39 is 0 Å². The lowest BCUT2D eigenvalue weighted by molar-refractivity contribution is 0.302. The molecule has 0 N–H and O–H groups in total. The fourth-order valence-corrected chi connectivity index (χ4v) is 3.86. The predicted molar refractivity (Wildman–Crippen MR) is 94.1 cm³/mol. The van der Waals surface area contributed by atoms with Crippen molar-refractivity contribution < 1.29 is 0 Å². The van der Waals surface area contributed by atoms with E-state index in [9.17, 15) is 0 Å². The molecule has 0 nitrogen and oxygen atoms in total. The van der Waals surface area contributed by atoms with Crippen molar-refractivity contribution in [2.24, 2.45) is 5.92 Å². The molecule has 0 spiro atoms. The molecular formula is C20H31Cl. The fraction of sp³-hybridized carbons (Fsp3) is 0.700. The van der Waals surface area contributed by atoms with Gasteiger partial charge in [0, 0.05) is 5.02 Å². The summed E-state index contributed by atoms with van der Waals surface area (Å²) < 4.78 is 0. The van der Waals surface area contributed by atoms with E-state index in [-0.39, 0.29) is 0 Å². The summed E-state index contributed by atoms with van der Waals surface area (Å²) in [7, 11) is 0. The topological polar surface area (TPSA) is 0 Å². The number of rotatable bonds is 8. The van der Waals surface area contributed by atoms with E-state index in [1.54, 1.807) is 0 Å². The minimum absolute atomic E-state index is 0.781. The maximum absolute atomic E-state index is 5.98. The van der Waals surface area contributed by atoms with Gasteiger partial charge < -0.3 is 0 Å². The second-order valence-electron chi connectivity index (χ2n) is 6.83. The van der Waals surface area contributed by atoms with Crippen LogP contribution in [0.3, 0.4) is 0 Å². The molecule has 0 unspecified atom stereocenters. The summed E-state index contributed by atoms with van der Waals surface area (Å²) in [5.74, 6) is 1.78. The number of halogens is 1. The number of hydrogen-bond donors (Lipinski definition) is 0. The molecule has 1 saturated carbocycles. The van der Waals surface area contributed by atoms with Crippen molar-refractivity contribution >= 4 is 11.6 Å². The summed E-state index contributed by atoms with van der Waals surface area (Å²) in [5.41, 5.74) is 1.50. The Morgan fingerprint density at radius 3 is 2.14 bits per heavy atom. The average Bonchev–Trinajstić information content (AvgIpc) is 2.52. The second kappa shape index (κ2) is 9.51. The highest BCUT2D eigenvalue weighted by Gasteiger charge is 2.21. The molecule has 0 aliphatic heterocycles. The first kappa shape index (κ1) is 16.9. The van der Waals surface area contributed by atoms with Gasteiger partial charge in [0.2, 0.25) is 0 Å². The Morgan fingerprint density at radius 1 is 0.857 bits per heavy atom. The molecule has 118 valence electrons. The Bertz CT molecular complexity index is 373. The molecule has 0 atom stereocenters. The van der Waals surface area contributed by atoms with Crippen LogP contribution < -0.4 is 0 Å². The molecule has 1 aromatic rings. The van der Waals surface area contributed by atoms with Gasteiger partial charge in [-0.25, -0.2) is 0 Å². The zero-order valence-electron chi connectivity index (χ0n) is 13.6. The molecule has 1 aliphatic rings. The van der Waals surface area contributed by atoms with E-state index in [2.05, 4.69) is 19.1 Å². The highest BCUT2D eigenvalue weighted by Crippen LogP contribution is 2.38. The lowest BCUT2D eigenvalue weighted by Crippen LogP contribution is -2.13. The van der Waals surface area contributed by atoms with Crippen LogP contribution in [0.15, 0.2) is 24.3 Å². The van der Waals surface area contributed by atoms with E-state index >= 15 is 0 Å². The van der Waals surface area contributed by atoms with E-state index in [0.29, 0.717) is 0 Å². The molecule has 1 aliphatic carbocycles. The van der Waals surface area contributed by atoms with Crippen molar-refractivity contribution in [2.75, 3.05) is 0 Å². The summed E-state index contributed by atoms with van der Waals surface area (Å²) in [6.45, 7) is 2.29. The first-order chi connectivity index (χ1) is 10.3. The van der Waals surface area contributed by atoms with Crippen LogP contribution in [0.1, 0.15) is 89.0 Å². The van der Waals surface area contributed by atoms with Gasteiger partial charge in [-0.3, -0.25) is 0 Å². The quantitative estimate of drug-likeness (QED) is 0.440. The van der Waals surface area contributed by atoms with Crippen LogP contribution in [0.2, 0.25) is 5.02 Å². The van der Waals surface area contributed by atoms with Crippen LogP contribution in [0, 0.1) is 5.92 Å². The molecule has 0 heterocycles. The SMILES string of the molecule is CCCCCCCC[C@H]1CC[C@H](c2ccc(Cl)cc2)CC1. The highest BCUT2D eigenvalue weighted by molar-refractivity contribution is 6.30. The first-order valence-corrected chi connectivity index (χ1v) is 9.43. The van der Waals surface area contributed by atoms with Gasteiger partial charge in [-0.1, -0.05) is 75.6 Å². The van der Waals surface area contributed by atoms with Gasteiger partial charge >= 0.3 is 0 Å². The van der Waals surface area contributed by atoms with Gasteiger partial charge in [0.05, 0.1) is 0 Å². The van der Waals surface area contributed by atoms with Crippen molar-refractivity contribution in [1.29, 1.82) is 0 Å². The standard InChI is InChI=1S/C20H31Cl/c1-2-3-4-5-6-7-8-17-9-11-18(12-10-17)19-13-15-20(21)16-14-19/h13-18H,2-12H2,1H3/t17-,18-.